The molecule has 2 aromatic rings. The van der Waals surface area contributed by atoms with Crippen molar-refractivity contribution in [2.75, 3.05) is 5.73 Å². The summed E-state index contributed by atoms with van der Waals surface area (Å²) in [6, 6.07) is 7.46. The van der Waals surface area contributed by atoms with Crippen molar-refractivity contribution in [3.05, 3.63) is 53.6 Å². The third-order valence-electron chi connectivity index (χ3n) is 2.53. The van der Waals surface area contributed by atoms with Crippen LogP contribution < -0.4 is 5.73 Å². The smallest absolute Gasteiger partial charge is 0.337 e. The van der Waals surface area contributed by atoms with Gasteiger partial charge in [-0.05, 0) is 18.2 Å². The molecular weight excluding hydrogens is 240 g/mol. The topological polar surface area (TPSA) is 63.3 Å². The highest BCUT2D eigenvalue weighted by molar-refractivity contribution is 5.95. The highest BCUT2D eigenvalue weighted by atomic mass is 19.1. The molecule has 0 aliphatic carbocycles. The van der Waals surface area contributed by atoms with E-state index in [2.05, 4.69) is 0 Å². The Balaban J connectivity index is 2.69. The van der Waals surface area contributed by atoms with Gasteiger partial charge < -0.3 is 10.8 Å². The Hall–Kier alpha value is -2.43. The van der Waals surface area contributed by atoms with E-state index in [1.165, 1.54) is 24.3 Å². The van der Waals surface area contributed by atoms with E-state index in [0.29, 0.717) is 0 Å². The highest BCUT2D eigenvalue weighted by Gasteiger charge is 2.16. The Labute approximate surface area is 101 Å². The molecule has 0 aliphatic rings. The minimum atomic E-state index is -1.29. The van der Waals surface area contributed by atoms with Crippen molar-refractivity contribution in [3.8, 4) is 11.1 Å². The van der Waals surface area contributed by atoms with Crippen molar-refractivity contribution in [3.63, 3.8) is 0 Å². The maximum atomic E-state index is 13.7. The van der Waals surface area contributed by atoms with Crippen LogP contribution in [0.2, 0.25) is 0 Å². The average molecular weight is 249 g/mol. The summed E-state index contributed by atoms with van der Waals surface area (Å²) in [4.78, 5) is 10.9. The molecule has 92 valence electrons. The Kier molecular flexibility index (Phi) is 2.97. The summed E-state index contributed by atoms with van der Waals surface area (Å²) < 4.78 is 27.3. The number of nitrogens with two attached hydrogens (primary N) is 1. The molecule has 0 radical (unpaired) electrons. The fourth-order valence-electron chi connectivity index (χ4n) is 1.66. The predicted molar refractivity (Wildman–Crippen MR) is 63.2 cm³/mol. The SMILES string of the molecule is Nc1cc(F)c(-c2ccccc2F)cc1C(=O)O. The first-order valence-corrected chi connectivity index (χ1v) is 5.08. The third-order valence-corrected chi connectivity index (χ3v) is 2.53. The number of anilines is 1. The van der Waals surface area contributed by atoms with E-state index in [0.717, 1.165) is 12.1 Å². The van der Waals surface area contributed by atoms with E-state index in [1.54, 1.807) is 0 Å². The highest BCUT2D eigenvalue weighted by Crippen LogP contribution is 2.29. The van der Waals surface area contributed by atoms with Gasteiger partial charge in [-0.25, -0.2) is 13.6 Å². The van der Waals surface area contributed by atoms with Gasteiger partial charge in [0, 0.05) is 16.8 Å². The molecule has 18 heavy (non-hydrogen) atoms. The van der Waals surface area contributed by atoms with Crippen LogP contribution >= 0.6 is 0 Å². The number of nitrogen functional groups attached to an aromatic ring is 1. The van der Waals surface area contributed by atoms with Crippen LogP contribution in [0.15, 0.2) is 36.4 Å². The molecule has 2 rings (SSSR count). The molecule has 0 amide bonds. The second kappa shape index (κ2) is 4.44. The molecular formula is C13H9F2NO2. The fraction of sp³-hybridized carbons (Fsp3) is 0. The van der Waals surface area contributed by atoms with Crippen LogP contribution in [0.4, 0.5) is 14.5 Å². The lowest BCUT2D eigenvalue weighted by atomic mass is 10.0. The lowest BCUT2D eigenvalue weighted by Gasteiger charge is -2.08. The molecule has 0 unspecified atom stereocenters. The molecule has 0 fully saturated rings. The zero-order valence-corrected chi connectivity index (χ0v) is 9.15. The molecule has 0 spiro atoms. The van der Waals surface area contributed by atoms with Crippen LogP contribution in [0.25, 0.3) is 11.1 Å². The minimum Gasteiger partial charge on any atom is -0.478 e. The number of carboxylic acids is 1. The standard InChI is InChI=1S/C13H9F2NO2/c14-10-4-2-1-3-7(10)8-5-9(13(17)18)12(16)6-11(8)15/h1-6H,16H2,(H,17,18). The van der Waals surface area contributed by atoms with Crippen molar-refractivity contribution in [2.45, 2.75) is 0 Å². The molecule has 3 nitrogen and oxygen atoms in total. The number of halogens is 2. The summed E-state index contributed by atoms with van der Waals surface area (Å²) in [5, 5.41) is 8.90. The minimum absolute atomic E-state index is 0.00231. The molecule has 0 bridgehead atoms. The van der Waals surface area contributed by atoms with E-state index < -0.39 is 17.6 Å². The molecule has 0 saturated carbocycles. The van der Waals surface area contributed by atoms with Gasteiger partial charge in [-0.15, -0.1) is 0 Å². The summed E-state index contributed by atoms with van der Waals surface area (Å²) in [6.07, 6.45) is 0. The number of carboxylic acid groups (broad SMARTS) is 1. The number of hydrogen-bond donors (Lipinski definition) is 2. The van der Waals surface area contributed by atoms with Gasteiger partial charge in [0.2, 0.25) is 0 Å². The maximum Gasteiger partial charge on any atom is 0.337 e. The Morgan fingerprint density at radius 2 is 1.72 bits per heavy atom. The molecule has 0 atom stereocenters. The normalized spacial score (nSPS) is 10.3. The first-order valence-electron chi connectivity index (χ1n) is 5.08. The van der Waals surface area contributed by atoms with Crippen LogP contribution in [0, 0.1) is 11.6 Å². The first kappa shape index (κ1) is 12.0. The summed E-state index contributed by atoms with van der Waals surface area (Å²) in [7, 11) is 0. The van der Waals surface area contributed by atoms with Crippen molar-refractivity contribution >= 4 is 11.7 Å². The largest absolute Gasteiger partial charge is 0.478 e. The zero-order valence-electron chi connectivity index (χ0n) is 9.15. The lowest BCUT2D eigenvalue weighted by molar-refractivity contribution is 0.0698. The molecule has 0 aromatic heterocycles. The van der Waals surface area contributed by atoms with Gasteiger partial charge in [0.05, 0.1) is 5.56 Å². The second-order valence-corrected chi connectivity index (χ2v) is 3.70. The van der Waals surface area contributed by atoms with E-state index in [4.69, 9.17) is 10.8 Å². The van der Waals surface area contributed by atoms with Gasteiger partial charge in [-0.1, -0.05) is 18.2 Å². The molecule has 2 aromatic carbocycles. The van der Waals surface area contributed by atoms with E-state index in [-0.39, 0.29) is 22.4 Å². The van der Waals surface area contributed by atoms with Crippen LogP contribution in [-0.2, 0) is 0 Å². The average Bonchev–Trinajstić information content (AvgIpc) is 2.30. The summed E-state index contributed by atoms with van der Waals surface area (Å²) in [5.41, 5.74) is 4.82. The molecule has 3 N–H and O–H groups in total. The van der Waals surface area contributed by atoms with Gasteiger partial charge >= 0.3 is 5.97 Å². The van der Waals surface area contributed by atoms with Gasteiger partial charge in [-0.3, -0.25) is 0 Å². The summed E-state index contributed by atoms with van der Waals surface area (Å²) in [5.74, 6) is -2.68. The van der Waals surface area contributed by atoms with E-state index >= 15 is 0 Å². The number of rotatable bonds is 2. The van der Waals surface area contributed by atoms with Gasteiger partial charge in [0.25, 0.3) is 0 Å². The third kappa shape index (κ3) is 2.02. The molecule has 0 heterocycles. The summed E-state index contributed by atoms with van der Waals surface area (Å²) >= 11 is 0. The monoisotopic (exact) mass is 249 g/mol. The number of aromatic carboxylic acids is 1. The lowest BCUT2D eigenvalue weighted by Crippen LogP contribution is -2.04. The fourth-order valence-corrected chi connectivity index (χ4v) is 1.66. The van der Waals surface area contributed by atoms with Crippen molar-refractivity contribution < 1.29 is 18.7 Å². The van der Waals surface area contributed by atoms with E-state index in [1.807, 2.05) is 0 Å². The maximum absolute atomic E-state index is 13.7. The first-order chi connectivity index (χ1) is 8.50. The van der Waals surface area contributed by atoms with Crippen molar-refractivity contribution in [1.29, 1.82) is 0 Å². The molecule has 0 aliphatic heterocycles. The number of benzene rings is 2. The van der Waals surface area contributed by atoms with E-state index in [9.17, 15) is 13.6 Å². The van der Waals surface area contributed by atoms with Gasteiger partial charge in [-0.2, -0.15) is 0 Å². The Morgan fingerprint density at radius 1 is 1.06 bits per heavy atom. The molecule has 5 heteroatoms. The predicted octanol–water partition coefficient (Wildman–Crippen LogP) is 2.91. The Morgan fingerprint density at radius 3 is 2.33 bits per heavy atom. The molecule has 0 saturated heterocycles. The van der Waals surface area contributed by atoms with Crippen LogP contribution in [0.5, 0.6) is 0 Å². The zero-order chi connectivity index (χ0) is 13.3. The Bertz CT molecular complexity index is 626. The van der Waals surface area contributed by atoms with Crippen LogP contribution in [0.3, 0.4) is 0 Å². The van der Waals surface area contributed by atoms with Gasteiger partial charge in [0.15, 0.2) is 0 Å². The van der Waals surface area contributed by atoms with Crippen molar-refractivity contribution in [2.24, 2.45) is 0 Å². The number of hydrogen-bond acceptors (Lipinski definition) is 2. The van der Waals surface area contributed by atoms with Crippen molar-refractivity contribution in [1.82, 2.24) is 0 Å². The quantitative estimate of drug-likeness (QED) is 0.804. The second-order valence-electron chi connectivity index (χ2n) is 3.70. The van der Waals surface area contributed by atoms with Gasteiger partial charge in [0.1, 0.15) is 11.6 Å². The van der Waals surface area contributed by atoms with Crippen LogP contribution in [-0.4, -0.2) is 11.1 Å². The number of carbonyl (C=O) groups is 1. The summed E-state index contributed by atoms with van der Waals surface area (Å²) in [6.45, 7) is 0. The van der Waals surface area contributed by atoms with Crippen LogP contribution in [0.1, 0.15) is 10.4 Å².